The molecule has 0 unspecified atom stereocenters. The predicted molar refractivity (Wildman–Crippen MR) is 139 cm³/mol. The number of amides is 2. The molecule has 0 spiro atoms. The molecule has 2 aromatic heterocycles. The maximum absolute atomic E-state index is 13.7. The van der Waals surface area contributed by atoms with Gasteiger partial charge in [0.15, 0.2) is 5.01 Å². The summed E-state index contributed by atoms with van der Waals surface area (Å²) in [5.74, 6) is 0.0401. The Labute approximate surface area is 215 Å². The Hall–Kier alpha value is -2.59. The SMILES string of the molecule is Cc1cc(NC2CCCCC2)ncc1-c1sc(C(=O)NCC(C)(C)O)nc1C(=O)N1CCC(F)CC1. The van der Waals surface area contributed by atoms with Crippen molar-refractivity contribution in [3.8, 4) is 10.4 Å². The number of anilines is 1. The summed E-state index contributed by atoms with van der Waals surface area (Å²) in [7, 11) is 0. The molecular formula is C26H36FN5O3S. The summed E-state index contributed by atoms with van der Waals surface area (Å²) in [6.07, 6.45) is 7.42. The Morgan fingerprint density at radius 1 is 1.19 bits per heavy atom. The lowest BCUT2D eigenvalue weighted by atomic mass is 9.95. The largest absolute Gasteiger partial charge is 0.389 e. The highest BCUT2D eigenvalue weighted by Crippen LogP contribution is 2.35. The molecule has 1 saturated heterocycles. The van der Waals surface area contributed by atoms with Crippen LogP contribution in [0.25, 0.3) is 10.4 Å². The van der Waals surface area contributed by atoms with Gasteiger partial charge in [-0.25, -0.2) is 14.4 Å². The number of pyridine rings is 1. The number of thiazole rings is 1. The number of aliphatic hydroxyl groups is 1. The number of hydrogen-bond acceptors (Lipinski definition) is 7. The number of aromatic nitrogens is 2. The van der Waals surface area contributed by atoms with Crippen molar-refractivity contribution in [2.75, 3.05) is 25.0 Å². The van der Waals surface area contributed by atoms with Crippen LogP contribution in [0.2, 0.25) is 0 Å². The third-order valence-corrected chi connectivity index (χ3v) is 7.82. The number of halogens is 1. The van der Waals surface area contributed by atoms with Crippen LogP contribution in [0.1, 0.15) is 84.6 Å². The zero-order chi connectivity index (χ0) is 25.9. The zero-order valence-corrected chi connectivity index (χ0v) is 22.1. The van der Waals surface area contributed by atoms with Gasteiger partial charge in [0.2, 0.25) is 0 Å². The Kier molecular flexibility index (Phi) is 8.24. The number of rotatable bonds is 7. The van der Waals surface area contributed by atoms with E-state index in [0.717, 1.165) is 41.1 Å². The Morgan fingerprint density at radius 2 is 1.89 bits per heavy atom. The van der Waals surface area contributed by atoms with E-state index >= 15 is 0 Å². The molecule has 1 aliphatic carbocycles. The van der Waals surface area contributed by atoms with E-state index < -0.39 is 17.7 Å². The summed E-state index contributed by atoms with van der Waals surface area (Å²) < 4.78 is 13.7. The first-order chi connectivity index (χ1) is 17.1. The lowest BCUT2D eigenvalue weighted by molar-refractivity contribution is 0.0660. The van der Waals surface area contributed by atoms with Crippen molar-refractivity contribution in [2.45, 2.75) is 83.5 Å². The van der Waals surface area contributed by atoms with Crippen LogP contribution in [0.15, 0.2) is 12.3 Å². The molecule has 8 nitrogen and oxygen atoms in total. The van der Waals surface area contributed by atoms with Gasteiger partial charge >= 0.3 is 0 Å². The molecule has 0 bridgehead atoms. The highest BCUT2D eigenvalue weighted by molar-refractivity contribution is 7.17. The molecule has 2 aromatic rings. The quantitative estimate of drug-likeness (QED) is 0.505. The van der Waals surface area contributed by atoms with Gasteiger partial charge in [0, 0.05) is 37.4 Å². The van der Waals surface area contributed by atoms with Crippen molar-refractivity contribution in [3.05, 3.63) is 28.5 Å². The number of aryl methyl sites for hydroxylation is 1. The van der Waals surface area contributed by atoms with Gasteiger partial charge in [0.1, 0.15) is 17.7 Å². The number of carbonyl (C=O) groups excluding carboxylic acids is 2. The summed E-state index contributed by atoms with van der Waals surface area (Å²) in [5, 5.41) is 16.3. The van der Waals surface area contributed by atoms with E-state index in [-0.39, 0.29) is 23.2 Å². The molecule has 10 heteroatoms. The van der Waals surface area contributed by atoms with Crippen LogP contribution in [-0.4, -0.2) is 69.2 Å². The fourth-order valence-electron chi connectivity index (χ4n) is 4.65. The van der Waals surface area contributed by atoms with E-state index in [2.05, 4.69) is 20.6 Å². The molecule has 0 radical (unpaired) electrons. The van der Waals surface area contributed by atoms with E-state index in [4.69, 9.17) is 0 Å². The molecular weight excluding hydrogens is 481 g/mol. The number of likely N-dealkylation sites (tertiary alicyclic amines) is 1. The number of nitrogens with one attached hydrogen (secondary N) is 2. The van der Waals surface area contributed by atoms with Crippen LogP contribution < -0.4 is 10.6 Å². The van der Waals surface area contributed by atoms with Gasteiger partial charge in [-0.2, -0.15) is 0 Å². The number of nitrogens with zero attached hydrogens (tertiary/aromatic N) is 3. The van der Waals surface area contributed by atoms with Gasteiger partial charge in [0.05, 0.1) is 10.5 Å². The molecule has 2 aliphatic rings. The third kappa shape index (κ3) is 6.59. The van der Waals surface area contributed by atoms with Crippen LogP contribution in [0, 0.1) is 6.92 Å². The third-order valence-electron chi connectivity index (χ3n) is 6.73. The summed E-state index contributed by atoms with van der Waals surface area (Å²) in [4.78, 5) is 37.5. The highest BCUT2D eigenvalue weighted by Gasteiger charge is 2.30. The standard InChI is InChI=1S/C26H36FN5O3S/c1-16-13-20(30-18-7-5-4-6-8-18)28-14-19(16)22-21(25(34)32-11-9-17(27)10-12-32)31-24(36-22)23(33)29-15-26(2,3)35/h13-14,17-18,35H,4-12,15H2,1-3H3,(H,28,30)(H,29,33). The van der Waals surface area contributed by atoms with Gasteiger partial charge < -0.3 is 20.6 Å². The summed E-state index contributed by atoms with van der Waals surface area (Å²) in [6, 6.07) is 2.39. The van der Waals surface area contributed by atoms with Crippen LogP contribution in [0.5, 0.6) is 0 Å². The number of piperidine rings is 1. The van der Waals surface area contributed by atoms with E-state index in [1.807, 2.05) is 13.0 Å². The summed E-state index contributed by atoms with van der Waals surface area (Å²) >= 11 is 1.13. The number of carbonyl (C=O) groups is 2. The molecule has 2 amide bonds. The first-order valence-electron chi connectivity index (χ1n) is 12.8. The van der Waals surface area contributed by atoms with Gasteiger partial charge in [0.25, 0.3) is 11.8 Å². The second kappa shape index (κ2) is 11.2. The molecule has 2 fully saturated rings. The fourth-order valence-corrected chi connectivity index (χ4v) is 5.69. The molecule has 1 saturated carbocycles. The minimum Gasteiger partial charge on any atom is -0.389 e. The van der Waals surface area contributed by atoms with Crippen molar-refractivity contribution < 1.29 is 19.1 Å². The number of alkyl halides is 1. The van der Waals surface area contributed by atoms with Crippen LogP contribution in [0.3, 0.4) is 0 Å². The fraction of sp³-hybridized carbons (Fsp3) is 0.615. The Balaban J connectivity index is 1.62. The maximum Gasteiger partial charge on any atom is 0.280 e. The van der Waals surface area contributed by atoms with E-state index in [9.17, 15) is 19.1 Å². The first kappa shape index (κ1) is 26.5. The lowest BCUT2D eigenvalue weighted by Gasteiger charge is -2.28. The average Bonchev–Trinajstić information content (AvgIpc) is 3.28. The first-order valence-corrected chi connectivity index (χ1v) is 13.6. The van der Waals surface area contributed by atoms with Crippen molar-refractivity contribution >= 4 is 29.0 Å². The number of hydrogen-bond donors (Lipinski definition) is 3. The molecule has 36 heavy (non-hydrogen) atoms. The van der Waals surface area contributed by atoms with Crippen molar-refractivity contribution in [1.29, 1.82) is 0 Å². The molecule has 0 atom stereocenters. The van der Waals surface area contributed by atoms with E-state index in [1.165, 1.54) is 19.3 Å². The molecule has 1 aliphatic heterocycles. The van der Waals surface area contributed by atoms with Crippen molar-refractivity contribution in [1.82, 2.24) is 20.2 Å². The zero-order valence-electron chi connectivity index (χ0n) is 21.3. The topological polar surface area (TPSA) is 107 Å². The smallest absolute Gasteiger partial charge is 0.280 e. The van der Waals surface area contributed by atoms with Gasteiger partial charge in [-0.3, -0.25) is 9.59 Å². The molecule has 3 N–H and O–H groups in total. The maximum atomic E-state index is 13.7. The summed E-state index contributed by atoms with van der Waals surface area (Å²) in [6.45, 7) is 5.84. The van der Waals surface area contributed by atoms with Crippen molar-refractivity contribution in [3.63, 3.8) is 0 Å². The molecule has 196 valence electrons. The lowest BCUT2D eigenvalue weighted by Crippen LogP contribution is -2.39. The van der Waals surface area contributed by atoms with E-state index in [1.54, 1.807) is 24.9 Å². The minimum atomic E-state index is -1.08. The second-order valence-electron chi connectivity index (χ2n) is 10.5. The molecule has 4 rings (SSSR count). The summed E-state index contributed by atoms with van der Waals surface area (Å²) in [5.41, 5.74) is 0.773. The van der Waals surface area contributed by atoms with Gasteiger partial charge in [-0.1, -0.05) is 19.3 Å². The van der Waals surface area contributed by atoms with Crippen molar-refractivity contribution in [2.24, 2.45) is 0 Å². The minimum absolute atomic E-state index is 0.0517. The van der Waals surface area contributed by atoms with E-state index in [0.29, 0.717) is 36.9 Å². The Morgan fingerprint density at radius 3 is 2.53 bits per heavy atom. The molecule has 3 heterocycles. The van der Waals surface area contributed by atoms with Gasteiger partial charge in [-0.05, 0) is 58.1 Å². The predicted octanol–water partition coefficient (Wildman–Crippen LogP) is 4.33. The molecule has 0 aromatic carbocycles. The monoisotopic (exact) mass is 517 g/mol. The normalized spacial score (nSPS) is 17.8. The highest BCUT2D eigenvalue weighted by atomic mass is 32.1. The average molecular weight is 518 g/mol. The second-order valence-corrected chi connectivity index (χ2v) is 11.5. The van der Waals surface area contributed by atoms with Gasteiger partial charge in [-0.15, -0.1) is 11.3 Å². The van der Waals surface area contributed by atoms with Crippen LogP contribution in [0.4, 0.5) is 10.2 Å². The van der Waals surface area contributed by atoms with Crippen LogP contribution in [-0.2, 0) is 0 Å². The Bertz CT molecular complexity index is 1090. The van der Waals surface area contributed by atoms with Crippen LogP contribution >= 0.6 is 11.3 Å².